The Kier molecular flexibility index (Phi) is 2.95. The summed E-state index contributed by atoms with van der Waals surface area (Å²) in [6, 6.07) is 11.0. The summed E-state index contributed by atoms with van der Waals surface area (Å²) in [5.74, 6) is 0. The molecule has 1 aliphatic carbocycles. The number of rotatable bonds is 2. The van der Waals surface area contributed by atoms with Gasteiger partial charge in [0.1, 0.15) is 0 Å². The summed E-state index contributed by atoms with van der Waals surface area (Å²) < 4.78 is 0.840. The first kappa shape index (κ1) is 12.1. The molecule has 0 atom stereocenters. The molecule has 0 aliphatic heterocycles. The molecule has 0 saturated heterocycles. The van der Waals surface area contributed by atoms with Gasteiger partial charge in [-0.05, 0) is 41.3 Å². The first-order valence-electron chi connectivity index (χ1n) is 5.89. The van der Waals surface area contributed by atoms with E-state index in [9.17, 15) is 10.1 Å². The summed E-state index contributed by atoms with van der Waals surface area (Å²) in [6.45, 7) is 0. The number of hydrogen-bond acceptors (Lipinski definition) is 2. The van der Waals surface area contributed by atoms with Crippen LogP contribution in [0.4, 0.5) is 5.69 Å². The molecule has 0 unspecified atom stereocenters. The zero-order valence-electron chi connectivity index (χ0n) is 9.97. The summed E-state index contributed by atoms with van der Waals surface area (Å²) in [6.07, 6.45) is 5.07. The molecule has 19 heavy (non-hydrogen) atoms. The maximum atomic E-state index is 11.1. The predicted molar refractivity (Wildman–Crippen MR) is 79.0 cm³/mol. The van der Waals surface area contributed by atoms with Crippen LogP contribution in [-0.2, 0) is 6.42 Å². The smallest absolute Gasteiger partial charge is 0.258 e. The summed E-state index contributed by atoms with van der Waals surface area (Å²) in [7, 11) is 0. The van der Waals surface area contributed by atoms with E-state index >= 15 is 0 Å². The lowest BCUT2D eigenvalue weighted by molar-refractivity contribution is -0.384. The molecule has 0 fully saturated rings. The molecule has 0 aromatic heterocycles. The van der Waals surface area contributed by atoms with Crippen molar-refractivity contribution in [1.29, 1.82) is 0 Å². The highest BCUT2D eigenvalue weighted by atomic mass is 79.9. The molecular weight excluding hydrogens is 306 g/mol. The van der Waals surface area contributed by atoms with Gasteiger partial charge in [-0.25, -0.2) is 0 Å². The molecule has 3 nitrogen and oxygen atoms in total. The molecule has 0 spiro atoms. The summed E-state index contributed by atoms with van der Waals surface area (Å²) in [5.41, 5.74) is 4.08. The normalized spacial score (nSPS) is 12.5. The van der Waals surface area contributed by atoms with Crippen LogP contribution in [0.25, 0.3) is 17.2 Å². The molecule has 94 valence electrons. The van der Waals surface area contributed by atoms with Crippen molar-refractivity contribution in [2.75, 3.05) is 0 Å². The number of nitro benzene ring substituents is 1. The van der Waals surface area contributed by atoms with Crippen LogP contribution in [0.3, 0.4) is 0 Å². The van der Waals surface area contributed by atoms with Crippen molar-refractivity contribution in [1.82, 2.24) is 0 Å². The highest BCUT2D eigenvalue weighted by Crippen LogP contribution is 2.34. The van der Waals surface area contributed by atoms with Crippen LogP contribution < -0.4 is 0 Å². The van der Waals surface area contributed by atoms with Gasteiger partial charge in [-0.3, -0.25) is 10.1 Å². The fraction of sp³-hybridized carbons (Fsp3) is 0.0667. The first-order chi connectivity index (χ1) is 9.15. The lowest BCUT2D eigenvalue weighted by atomic mass is 9.99. The Hall–Kier alpha value is -1.94. The van der Waals surface area contributed by atoms with Crippen LogP contribution in [0.1, 0.15) is 11.1 Å². The van der Waals surface area contributed by atoms with Gasteiger partial charge in [-0.2, -0.15) is 0 Å². The third-order valence-corrected chi connectivity index (χ3v) is 3.74. The van der Waals surface area contributed by atoms with Gasteiger partial charge < -0.3 is 0 Å². The van der Waals surface area contributed by atoms with Gasteiger partial charge in [0, 0.05) is 10.5 Å². The summed E-state index contributed by atoms with van der Waals surface area (Å²) >= 11 is 3.37. The van der Waals surface area contributed by atoms with E-state index in [1.165, 1.54) is 17.2 Å². The molecule has 4 heteroatoms. The third kappa shape index (κ3) is 2.19. The van der Waals surface area contributed by atoms with Crippen molar-refractivity contribution >= 4 is 27.7 Å². The largest absolute Gasteiger partial charge is 0.277 e. The van der Waals surface area contributed by atoms with E-state index in [4.69, 9.17) is 0 Å². The van der Waals surface area contributed by atoms with Gasteiger partial charge in [-0.15, -0.1) is 0 Å². The Morgan fingerprint density at radius 2 is 2.00 bits per heavy atom. The number of hydrogen-bond donors (Lipinski definition) is 0. The zero-order chi connectivity index (χ0) is 13.4. The number of nitrogens with zero attached hydrogens (tertiary/aromatic N) is 1. The number of fused-ring (bicyclic) bond motifs is 1. The molecule has 0 amide bonds. The first-order valence-corrected chi connectivity index (χ1v) is 6.68. The van der Waals surface area contributed by atoms with Gasteiger partial charge in [0.2, 0.25) is 0 Å². The number of halogens is 1. The summed E-state index contributed by atoms with van der Waals surface area (Å²) in [4.78, 5) is 10.8. The average Bonchev–Trinajstić information content (AvgIpc) is 2.85. The molecule has 0 saturated carbocycles. The Morgan fingerprint density at radius 3 is 2.79 bits per heavy atom. The number of allylic oxidation sites excluding steroid dienone is 1. The van der Waals surface area contributed by atoms with E-state index in [0.29, 0.717) is 5.56 Å². The van der Waals surface area contributed by atoms with E-state index in [-0.39, 0.29) is 10.6 Å². The quantitative estimate of drug-likeness (QED) is 0.600. The second-order valence-electron chi connectivity index (χ2n) is 4.44. The molecule has 0 heterocycles. The van der Waals surface area contributed by atoms with Crippen LogP contribution >= 0.6 is 15.9 Å². The monoisotopic (exact) mass is 315 g/mol. The van der Waals surface area contributed by atoms with Crippen LogP contribution in [0, 0.1) is 10.1 Å². The highest BCUT2D eigenvalue weighted by molar-refractivity contribution is 9.10. The minimum absolute atomic E-state index is 0.133. The maximum Gasteiger partial charge on any atom is 0.277 e. The van der Waals surface area contributed by atoms with Crippen molar-refractivity contribution in [2.45, 2.75) is 6.42 Å². The van der Waals surface area contributed by atoms with Crippen molar-refractivity contribution in [3.05, 3.63) is 68.2 Å². The summed E-state index contributed by atoms with van der Waals surface area (Å²) in [5, 5.41) is 11.1. The van der Waals surface area contributed by atoms with E-state index < -0.39 is 0 Å². The Balaban J connectivity index is 2.16. The van der Waals surface area contributed by atoms with E-state index in [1.54, 1.807) is 12.1 Å². The van der Waals surface area contributed by atoms with Crippen molar-refractivity contribution in [3.8, 4) is 11.1 Å². The van der Waals surface area contributed by atoms with E-state index in [1.807, 2.05) is 18.2 Å². The minimum atomic E-state index is -0.340. The second kappa shape index (κ2) is 4.63. The SMILES string of the molecule is O=[N+]([O-])c1ccc(Br)cc1-c1ccc2c(c1)CC=C2. The molecule has 2 aromatic carbocycles. The number of benzene rings is 2. The topological polar surface area (TPSA) is 43.1 Å². The van der Waals surface area contributed by atoms with E-state index in [0.717, 1.165) is 16.5 Å². The maximum absolute atomic E-state index is 11.1. The number of nitro groups is 1. The van der Waals surface area contributed by atoms with Crippen molar-refractivity contribution in [2.24, 2.45) is 0 Å². The van der Waals surface area contributed by atoms with Gasteiger partial charge in [-0.1, -0.05) is 40.2 Å². The van der Waals surface area contributed by atoms with Crippen LogP contribution in [0.5, 0.6) is 0 Å². The lowest BCUT2D eigenvalue weighted by Gasteiger charge is -2.06. The molecule has 3 rings (SSSR count). The molecular formula is C15H10BrNO2. The molecule has 0 radical (unpaired) electrons. The fourth-order valence-corrected chi connectivity index (χ4v) is 2.69. The van der Waals surface area contributed by atoms with Gasteiger partial charge >= 0.3 is 0 Å². The van der Waals surface area contributed by atoms with Gasteiger partial charge in [0.25, 0.3) is 5.69 Å². The highest BCUT2D eigenvalue weighted by Gasteiger charge is 2.16. The van der Waals surface area contributed by atoms with Crippen LogP contribution in [-0.4, -0.2) is 4.92 Å². The Labute approximate surface area is 118 Å². The average molecular weight is 316 g/mol. The van der Waals surface area contributed by atoms with Crippen molar-refractivity contribution < 1.29 is 4.92 Å². The third-order valence-electron chi connectivity index (χ3n) is 3.24. The van der Waals surface area contributed by atoms with Gasteiger partial charge in [0.15, 0.2) is 0 Å². The Morgan fingerprint density at radius 1 is 1.16 bits per heavy atom. The molecule has 0 bridgehead atoms. The molecule has 2 aromatic rings. The lowest BCUT2D eigenvalue weighted by Crippen LogP contribution is -1.93. The minimum Gasteiger partial charge on any atom is -0.258 e. The molecule has 1 aliphatic rings. The van der Waals surface area contributed by atoms with Crippen LogP contribution in [0.15, 0.2) is 46.9 Å². The van der Waals surface area contributed by atoms with Crippen LogP contribution in [0.2, 0.25) is 0 Å². The molecule has 0 N–H and O–H groups in total. The van der Waals surface area contributed by atoms with Gasteiger partial charge in [0.05, 0.1) is 10.5 Å². The zero-order valence-corrected chi connectivity index (χ0v) is 11.6. The fourth-order valence-electron chi connectivity index (χ4n) is 2.32. The Bertz CT molecular complexity index is 707. The second-order valence-corrected chi connectivity index (χ2v) is 5.35. The van der Waals surface area contributed by atoms with E-state index in [2.05, 4.69) is 28.1 Å². The van der Waals surface area contributed by atoms with Crippen molar-refractivity contribution in [3.63, 3.8) is 0 Å². The predicted octanol–water partition coefficient (Wildman–Crippen LogP) is 4.59. The standard InChI is InChI=1S/C15H10BrNO2/c16-13-6-7-15(17(18)19)14(9-13)12-5-4-10-2-1-3-11(10)8-12/h1-2,4-9H,3H2.